The topological polar surface area (TPSA) is 68.1 Å². The van der Waals surface area contributed by atoms with Gasteiger partial charge in [-0.25, -0.2) is 4.79 Å². The molecule has 0 saturated heterocycles. The minimum absolute atomic E-state index is 0.189. The highest BCUT2D eigenvalue weighted by molar-refractivity contribution is 6.38. The van der Waals surface area contributed by atoms with Crippen LogP contribution in [-0.4, -0.2) is 30.6 Å². The van der Waals surface area contributed by atoms with Crippen LogP contribution in [0.4, 0.5) is 0 Å². The first-order valence-electron chi connectivity index (χ1n) is 5.31. The third-order valence-corrected chi connectivity index (χ3v) is 2.50. The number of halogens is 1. The number of benzene rings is 1. The molecular formula is C12H14ClNO4. The van der Waals surface area contributed by atoms with Crippen LogP contribution in [0.2, 0.25) is 5.02 Å². The van der Waals surface area contributed by atoms with Crippen molar-refractivity contribution >= 4 is 23.3 Å². The zero-order chi connectivity index (χ0) is 13.5. The Hall–Kier alpha value is -1.59. The molecule has 1 N–H and O–H groups in total. The molecule has 0 spiro atoms. The van der Waals surface area contributed by atoms with Gasteiger partial charge in [-0.05, 0) is 24.6 Å². The lowest BCUT2D eigenvalue weighted by molar-refractivity contribution is -0.135. The quantitative estimate of drug-likeness (QED) is 0.386. The molecule has 1 rings (SSSR count). The van der Waals surface area contributed by atoms with E-state index < -0.39 is 12.1 Å². The number of esters is 1. The highest BCUT2D eigenvalue weighted by Crippen LogP contribution is 2.21. The van der Waals surface area contributed by atoms with Crippen LogP contribution < -0.4 is 0 Å². The van der Waals surface area contributed by atoms with Crippen molar-refractivity contribution in [2.45, 2.75) is 13.0 Å². The molecule has 5 nitrogen and oxygen atoms in total. The number of oxime groups is 1. The number of carbonyl (C=O) groups excluding carboxylic acids is 1. The summed E-state index contributed by atoms with van der Waals surface area (Å²) in [5.74, 6) is -0.721. The van der Waals surface area contributed by atoms with E-state index in [1.165, 1.54) is 7.11 Å². The number of nitrogens with zero attached hydrogens (tertiary/aromatic N) is 1. The molecule has 18 heavy (non-hydrogen) atoms. The Morgan fingerprint density at radius 1 is 1.44 bits per heavy atom. The Morgan fingerprint density at radius 2 is 2.06 bits per heavy atom. The van der Waals surface area contributed by atoms with Crippen LogP contribution in [0.25, 0.3) is 0 Å². The van der Waals surface area contributed by atoms with E-state index >= 15 is 0 Å². The van der Waals surface area contributed by atoms with Crippen molar-refractivity contribution < 1.29 is 19.5 Å². The Balaban J connectivity index is 3.00. The van der Waals surface area contributed by atoms with Crippen molar-refractivity contribution in [1.82, 2.24) is 0 Å². The van der Waals surface area contributed by atoms with Crippen LogP contribution in [0, 0.1) is 0 Å². The lowest BCUT2D eigenvalue weighted by atomic mass is 10.1. The summed E-state index contributed by atoms with van der Waals surface area (Å²) < 4.78 is 9.95. The van der Waals surface area contributed by atoms with Gasteiger partial charge in [0, 0.05) is 12.1 Å². The van der Waals surface area contributed by atoms with Gasteiger partial charge >= 0.3 is 5.97 Å². The maximum absolute atomic E-state index is 11.6. The fourth-order valence-electron chi connectivity index (χ4n) is 1.45. The average Bonchev–Trinajstić information content (AvgIpc) is 2.37. The molecule has 0 aliphatic rings. The van der Waals surface area contributed by atoms with Crippen molar-refractivity contribution in [2.75, 3.05) is 13.7 Å². The van der Waals surface area contributed by atoms with Gasteiger partial charge < -0.3 is 14.7 Å². The van der Waals surface area contributed by atoms with E-state index in [9.17, 15) is 4.79 Å². The minimum atomic E-state index is -0.800. The van der Waals surface area contributed by atoms with Gasteiger partial charge in [-0.1, -0.05) is 28.9 Å². The second-order valence-electron chi connectivity index (χ2n) is 3.37. The van der Waals surface area contributed by atoms with Gasteiger partial charge in [0.15, 0.2) is 5.71 Å². The van der Waals surface area contributed by atoms with Gasteiger partial charge in [0.1, 0.15) is 6.10 Å². The van der Waals surface area contributed by atoms with Gasteiger partial charge in [0.05, 0.1) is 6.61 Å². The van der Waals surface area contributed by atoms with Crippen molar-refractivity contribution in [3.8, 4) is 0 Å². The van der Waals surface area contributed by atoms with E-state index in [1.807, 2.05) is 0 Å². The first-order valence-corrected chi connectivity index (χ1v) is 5.69. The molecule has 0 heterocycles. The number of hydrogen-bond acceptors (Lipinski definition) is 5. The molecule has 1 aromatic carbocycles. The van der Waals surface area contributed by atoms with Crippen LogP contribution in [-0.2, 0) is 14.3 Å². The van der Waals surface area contributed by atoms with E-state index in [4.69, 9.17) is 26.3 Å². The highest BCUT2D eigenvalue weighted by atomic mass is 35.5. The number of ether oxygens (including phenoxy) is 2. The fraction of sp³-hybridized carbons (Fsp3) is 0.333. The monoisotopic (exact) mass is 271 g/mol. The third kappa shape index (κ3) is 3.45. The normalized spacial score (nSPS) is 13.2. The summed E-state index contributed by atoms with van der Waals surface area (Å²) in [6.45, 7) is 1.85. The van der Waals surface area contributed by atoms with Crippen molar-refractivity contribution in [3.05, 3.63) is 34.9 Å². The van der Waals surface area contributed by atoms with Gasteiger partial charge in [-0.15, -0.1) is 0 Å². The van der Waals surface area contributed by atoms with Gasteiger partial charge in [-0.3, -0.25) is 0 Å². The van der Waals surface area contributed by atoms with Crippen molar-refractivity contribution in [3.63, 3.8) is 0 Å². The molecule has 0 bridgehead atoms. The van der Waals surface area contributed by atoms with Gasteiger partial charge in [0.2, 0.25) is 0 Å². The first-order chi connectivity index (χ1) is 8.63. The van der Waals surface area contributed by atoms with Crippen molar-refractivity contribution in [2.24, 2.45) is 5.16 Å². The second kappa shape index (κ2) is 6.98. The zero-order valence-corrected chi connectivity index (χ0v) is 10.8. The van der Waals surface area contributed by atoms with Crippen LogP contribution in [0.15, 0.2) is 29.4 Å². The molecule has 1 aromatic rings. The summed E-state index contributed by atoms with van der Waals surface area (Å²) in [5.41, 5.74) is 0.435. The Morgan fingerprint density at radius 3 is 2.50 bits per heavy atom. The summed E-state index contributed by atoms with van der Waals surface area (Å²) in [4.78, 5) is 11.6. The highest BCUT2D eigenvalue weighted by Gasteiger charge is 2.26. The standard InChI is InChI=1S/C12H14ClNO4/c1-3-18-12(15)10(14-16)11(17-2)8-4-6-9(13)7-5-8/h4-7,11,16H,3H2,1-2H3/b14-10-. The number of carbonyl (C=O) groups is 1. The molecule has 1 unspecified atom stereocenters. The van der Waals surface area contributed by atoms with E-state index in [1.54, 1.807) is 31.2 Å². The number of rotatable bonds is 5. The SMILES string of the molecule is CCOC(=O)/C(=N\O)C(OC)c1ccc(Cl)cc1. The average molecular weight is 272 g/mol. The molecule has 0 radical (unpaired) electrons. The Bertz CT molecular complexity index is 430. The van der Waals surface area contributed by atoms with E-state index in [0.717, 1.165) is 0 Å². The summed E-state index contributed by atoms with van der Waals surface area (Å²) >= 11 is 5.77. The predicted octanol–water partition coefficient (Wildman–Crippen LogP) is 2.42. The lowest BCUT2D eigenvalue weighted by Crippen LogP contribution is -2.26. The molecule has 0 aliphatic carbocycles. The summed E-state index contributed by atoms with van der Waals surface area (Å²) in [5, 5.41) is 12.4. The Kier molecular flexibility index (Phi) is 5.61. The predicted molar refractivity (Wildman–Crippen MR) is 67.1 cm³/mol. The molecule has 1 atom stereocenters. The Labute approximate surface area is 110 Å². The smallest absolute Gasteiger partial charge is 0.359 e. The van der Waals surface area contributed by atoms with Gasteiger partial charge in [0.25, 0.3) is 0 Å². The lowest BCUT2D eigenvalue weighted by Gasteiger charge is -2.15. The molecule has 0 aromatic heterocycles. The van der Waals surface area contributed by atoms with Crippen molar-refractivity contribution in [1.29, 1.82) is 0 Å². The molecule has 6 heteroatoms. The molecule has 0 aliphatic heterocycles. The summed E-state index contributed by atoms with van der Waals surface area (Å²) in [6, 6.07) is 6.67. The first kappa shape index (κ1) is 14.5. The largest absolute Gasteiger partial charge is 0.461 e. The van der Waals surface area contributed by atoms with Crippen LogP contribution >= 0.6 is 11.6 Å². The third-order valence-electron chi connectivity index (χ3n) is 2.25. The number of methoxy groups -OCH3 is 1. The van der Waals surface area contributed by atoms with E-state index in [-0.39, 0.29) is 12.3 Å². The molecular weight excluding hydrogens is 258 g/mol. The molecule has 0 fully saturated rings. The van der Waals surface area contributed by atoms with Crippen LogP contribution in [0.1, 0.15) is 18.6 Å². The maximum Gasteiger partial charge on any atom is 0.359 e. The fourth-order valence-corrected chi connectivity index (χ4v) is 1.57. The minimum Gasteiger partial charge on any atom is -0.461 e. The molecule has 0 saturated carbocycles. The maximum atomic E-state index is 11.6. The van der Waals surface area contributed by atoms with E-state index in [0.29, 0.717) is 10.6 Å². The zero-order valence-electron chi connectivity index (χ0n) is 10.1. The summed E-state index contributed by atoms with van der Waals surface area (Å²) in [7, 11) is 1.41. The van der Waals surface area contributed by atoms with E-state index in [2.05, 4.69) is 5.16 Å². The molecule has 0 amide bonds. The van der Waals surface area contributed by atoms with Gasteiger partial charge in [-0.2, -0.15) is 0 Å². The molecule has 98 valence electrons. The van der Waals surface area contributed by atoms with Crippen LogP contribution in [0.5, 0.6) is 0 Å². The van der Waals surface area contributed by atoms with Crippen LogP contribution in [0.3, 0.4) is 0 Å². The summed E-state index contributed by atoms with van der Waals surface area (Å²) in [6.07, 6.45) is -0.800. The second-order valence-corrected chi connectivity index (χ2v) is 3.81. The number of hydrogen-bond donors (Lipinski definition) is 1.